The summed E-state index contributed by atoms with van der Waals surface area (Å²) >= 11 is 1.15. The van der Waals surface area contributed by atoms with Crippen molar-refractivity contribution in [2.45, 2.75) is 43.0 Å². The highest BCUT2D eigenvalue weighted by molar-refractivity contribution is 7.91. The van der Waals surface area contributed by atoms with Crippen molar-refractivity contribution in [3.05, 3.63) is 41.3 Å². The molecule has 1 aliphatic rings. The van der Waals surface area contributed by atoms with Crippen LogP contribution in [0.5, 0.6) is 5.75 Å². The number of fused-ring (bicyclic) bond motifs is 1. The molecular weight excluding hydrogens is 528 g/mol. The zero-order valence-corrected chi connectivity index (χ0v) is 24.2. The number of amides is 2. The lowest BCUT2D eigenvalue weighted by atomic mass is 9.99. The van der Waals surface area contributed by atoms with E-state index in [2.05, 4.69) is 5.32 Å². The van der Waals surface area contributed by atoms with Crippen LogP contribution in [-0.4, -0.2) is 99.0 Å². The molecule has 0 bridgehead atoms. The maximum Gasteiger partial charge on any atom is 0.258 e. The molecule has 0 fully saturated rings. The van der Waals surface area contributed by atoms with Gasteiger partial charge in [-0.05, 0) is 63.6 Å². The first kappa shape index (κ1) is 30.0. The lowest BCUT2D eigenvalue weighted by Gasteiger charge is -2.38. The third kappa shape index (κ3) is 7.32. The molecule has 2 aromatic rings. The van der Waals surface area contributed by atoms with Crippen LogP contribution in [-0.2, 0) is 14.8 Å². The number of sulfonamides is 1. The Morgan fingerprint density at radius 2 is 2.03 bits per heavy atom. The summed E-state index contributed by atoms with van der Waals surface area (Å²) in [5.74, 6) is -0.416. The monoisotopic (exact) mass is 566 g/mol. The second-order valence-electron chi connectivity index (χ2n) is 10.0. The first-order chi connectivity index (χ1) is 17.9. The molecule has 1 aromatic carbocycles. The van der Waals surface area contributed by atoms with Gasteiger partial charge in [0.25, 0.3) is 15.9 Å². The van der Waals surface area contributed by atoms with Gasteiger partial charge in [0.15, 0.2) is 0 Å². The number of rotatable bonds is 11. The first-order valence-electron chi connectivity index (χ1n) is 12.6. The van der Waals surface area contributed by atoms with Crippen molar-refractivity contribution in [1.82, 2.24) is 14.1 Å². The molecule has 0 radical (unpaired) electrons. The molecular formula is C26H38N4O6S2. The molecule has 3 rings (SSSR count). The minimum absolute atomic E-state index is 0.0702. The average Bonchev–Trinajstić information content (AvgIpc) is 3.42. The minimum Gasteiger partial charge on any atom is -0.488 e. The highest BCUT2D eigenvalue weighted by Gasteiger charge is 2.35. The van der Waals surface area contributed by atoms with Gasteiger partial charge in [-0.3, -0.25) is 9.59 Å². The molecule has 0 saturated heterocycles. The third-order valence-corrected chi connectivity index (χ3v) is 9.75. The summed E-state index contributed by atoms with van der Waals surface area (Å²) in [6.07, 6.45) is 0.481. The fourth-order valence-corrected chi connectivity index (χ4v) is 6.60. The van der Waals surface area contributed by atoms with E-state index in [1.165, 1.54) is 11.4 Å². The fourth-order valence-electron chi connectivity index (χ4n) is 4.21. The van der Waals surface area contributed by atoms with Crippen LogP contribution in [0.15, 0.2) is 39.9 Å². The van der Waals surface area contributed by atoms with Crippen molar-refractivity contribution >= 4 is 38.9 Å². The van der Waals surface area contributed by atoms with Crippen molar-refractivity contribution < 1.29 is 27.9 Å². The van der Waals surface area contributed by atoms with Crippen molar-refractivity contribution in [3.8, 4) is 5.75 Å². The van der Waals surface area contributed by atoms with Gasteiger partial charge < -0.3 is 25.0 Å². The lowest BCUT2D eigenvalue weighted by molar-refractivity contribution is -0.116. The maximum atomic E-state index is 13.6. The molecule has 210 valence electrons. The molecule has 2 N–H and O–H groups in total. The zero-order valence-electron chi connectivity index (χ0n) is 22.6. The van der Waals surface area contributed by atoms with Gasteiger partial charge >= 0.3 is 0 Å². The van der Waals surface area contributed by atoms with Crippen LogP contribution in [0.2, 0.25) is 0 Å². The Balaban J connectivity index is 1.88. The summed E-state index contributed by atoms with van der Waals surface area (Å²) in [7, 11) is 1.71. The van der Waals surface area contributed by atoms with E-state index >= 15 is 0 Å². The van der Waals surface area contributed by atoms with Crippen LogP contribution in [0.25, 0.3) is 0 Å². The molecule has 12 heteroatoms. The maximum absolute atomic E-state index is 13.6. The molecule has 1 aliphatic heterocycles. The van der Waals surface area contributed by atoms with E-state index in [-0.39, 0.29) is 47.2 Å². The standard InChI is InChI=1S/C26H38N4O6S2/c1-18-15-30(19(2)17-31)26(33)21-14-20(27-24(32)8-6-12-28(3)4)10-11-22(21)36-23(18)16-29(5)38(34,35)25-9-7-13-37-25/h7,9-11,13-14,18-19,23,31H,6,8,12,15-17H2,1-5H3,(H,27,32)/t18-,19-,23+/m0/s1. The SMILES string of the molecule is C[C@H]1CN([C@@H](C)CO)C(=O)c2cc(NC(=O)CCCN(C)C)ccc2O[C@@H]1CN(C)S(=O)(=O)c1cccs1. The van der Waals surface area contributed by atoms with Gasteiger partial charge in [0, 0.05) is 31.6 Å². The van der Waals surface area contributed by atoms with Gasteiger partial charge in [0.05, 0.1) is 24.8 Å². The Hall–Kier alpha value is -2.51. The first-order valence-corrected chi connectivity index (χ1v) is 14.9. The number of carbonyl (C=O) groups is 2. The minimum atomic E-state index is -3.69. The van der Waals surface area contributed by atoms with E-state index in [0.717, 1.165) is 17.9 Å². The van der Waals surface area contributed by atoms with Crippen molar-refractivity contribution in [2.75, 3.05) is 52.7 Å². The Kier molecular flexibility index (Phi) is 10.3. The summed E-state index contributed by atoms with van der Waals surface area (Å²) in [5, 5.41) is 14.4. The number of hydrogen-bond acceptors (Lipinski definition) is 8. The molecule has 2 amide bonds. The third-order valence-electron chi connectivity index (χ3n) is 6.55. The van der Waals surface area contributed by atoms with E-state index in [1.807, 2.05) is 25.9 Å². The van der Waals surface area contributed by atoms with Crippen LogP contribution in [0.4, 0.5) is 5.69 Å². The summed E-state index contributed by atoms with van der Waals surface area (Å²) in [4.78, 5) is 29.6. The molecule has 0 spiro atoms. The summed E-state index contributed by atoms with van der Waals surface area (Å²) in [6.45, 7) is 4.54. The molecule has 3 atom stereocenters. The number of thiophene rings is 1. The van der Waals surface area contributed by atoms with Gasteiger partial charge in [0.2, 0.25) is 5.91 Å². The number of nitrogens with zero attached hydrogens (tertiary/aromatic N) is 3. The summed E-state index contributed by atoms with van der Waals surface area (Å²) < 4.78 is 33.9. The molecule has 1 aromatic heterocycles. The smallest absolute Gasteiger partial charge is 0.258 e. The topological polar surface area (TPSA) is 119 Å². The fraction of sp³-hybridized carbons (Fsp3) is 0.538. The van der Waals surface area contributed by atoms with Gasteiger partial charge in [-0.1, -0.05) is 13.0 Å². The van der Waals surface area contributed by atoms with Crippen LogP contribution < -0.4 is 10.1 Å². The normalized spacial score (nSPS) is 19.1. The predicted molar refractivity (Wildman–Crippen MR) is 148 cm³/mol. The van der Waals surface area contributed by atoms with Crippen molar-refractivity contribution in [1.29, 1.82) is 0 Å². The number of anilines is 1. The van der Waals surface area contributed by atoms with Gasteiger partial charge in [0.1, 0.15) is 16.1 Å². The van der Waals surface area contributed by atoms with Crippen LogP contribution in [0.3, 0.4) is 0 Å². The lowest BCUT2D eigenvalue weighted by Crippen LogP contribution is -2.50. The summed E-state index contributed by atoms with van der Waals surface area (Å²) in [5.41, 5.74) is 0.715. The number of likely N-dealkylation sites (N-methyl/N-ethyl adjacent to an activating group) is 1. The molecule has 2 heterocycles. The molecule has 0 aliphatic carbocycles. The van der Waals surface area contributed by atoms with Gasteiger partial charge in [-0.15, -0.1) is 11.3 Å². The number of nitrogens with one attached hydrogen (secondary N) is 1. The predicted octanol–water partition coefficient (Wildman–Crippen LogP) is 2.57. The number of carbonyl (C=O) groups excluding carboxylic acids is 2. The number of ether oxygens (including phenoxy) is 1. The zero-order chi connectivity index (χ0) is 28.0. The number of aliphatic hydroxyl groups is 1. The Labute approximate surface area is 229 Å². The van der Waals surface area contributed by atoms with Gasteiger partial charge in [-0.2, -0.15) is 4.31 Å². The van der Waals surface area contributed by atoms with E-state index < -0.39 is 22.2 Å². The molecule has 0 saturated carbocycles. The van der Waals surface area contributed by atoms with Gasteiger partial charge in [-0.25, -0.2) is 8.42 Å². The van der Waals surface area contributed by atoms with E-state index in [4.69, 9.17) is 4.74 Å². The number of aliphatic hydroxyl groups excluding tert-OH is 1. The largest absolute Gasteiger partial charge is 0.488 e. The quantitative estimate of drug-likeness (QED) is 0.429. The van der Waals surface area contributed by atoms with E-state index in [0.29, 0.717) is 24.3 Å². The molecule has 38 heavy (non-hydrogen) atoms. The summed E-state index contributed by atoms with van der Waals surface area (Å²) in [6, 6.07) is 7.67. The number of benzene rings is 1. The number of hydrogen-bond donors (Lipinski definition) is 2. The Bertz CT molecular complexity index is 1200. The van der Waals surface area contributed by atoms with Crippen molar-refractivity contribution in [3.63, 3.8) is 0 Å². The average molecular weight is 567 g/mol. The molecule has 10 nitrogen and oxygen atoms in total. The highest BCUT2D eigenvalue weighted by atomic mass is 32.2. The van der Waals surface area contributed by atoms with E-state index in [9.17, 15) is 23.1 Å². The van der Waals surface area contributed by atoms with Crippen LogP contribution >= 0.6 is 11.3 Å². The van der Waals surface area contributed by atoms with Crippen LogP contribution in [0, 0.1) is 5.92 Å². The van der Waals surface area contributed by atoms with E-state index in [1.54, 1.807) is 47.5 Å². The Morgan fingerprint density at radius 1 is 1.29 bits per heavy atom. The van der Waals surface area contributed by atoms with Crippen LogP contribution in [0.1, 0.15) is 37.0 Å². The highest BCUT2D eigenvalue weighted by Crippen LogP contribution is 2.31. The Morgan fingerprint density at radius 3 is 2.66 bits per heavy atom. The molecule has 0 unspecified atom stereocenters. The second-order valence-corrected chi connectivity index (χ2v) is 13.2. The van der Waals surface area contributed by atoms with Crippen molar-refractivity contribution in [2.24, 2.45) is 5.92 Å². The second kappa shape index (κ2) is 13.0.